The summed E-state index contributed by atoms with van der Waals surface area (Å²) < 4.78 is 2.03. The van der Waals surface area contributed by atoms with Crippen molar-refractivity contribution in [3.63, 3.8) is 0 Å². The highest BCUT2D eigenvalue weighted by atomic mass is 16.4. The highest BCUT2D eigenvalue weighted by Gasteiger charge is 2.30. The fourth-order valence-electron chi connectivity index (χ4n) is 2.73. The van der Waals surface area contributed by atoms with E-state index < -0.39 is 7.12 Å². The standard InChI is InChI=1S/C12H23BN4O2/c1-16-6-5-15-12(16)9-17-7-10(11(14)8-17)3-2-4-13(18)19/h5-6,10-11,18-19H,2-4,7-9,14H2,1H3/t10-,11-/m0/s1. The van der Waals surface area contributed by atoms with Crippen molar-refractivity contribution in [1.82, 2.24) is 14.5 Å². The van der Waals surface area contributed by atoms with Crippen molar-refractivity contribution in [3.8, 4) is 0 Å². The van der Waals surface area contributed by atoms with Crippen LogP contribution >= 0.6 is 0 Å². The van der Waals surface area contributed by atoms with Crippen LogP contribution in [-0.4, -0.2) is 50.7 Å². The van der Waals surface area contributed by atoms with Gasteiger partial charge in [-0.25, -0.2) is 4.98 Å². The summed E-state index contributed by atoms with van der Waals surface area (Å²) in [6.07, 6.45) is 5.96. The number of hydrogen-bond acceptors (Lipinski definition) is 5. The average molecular weight is 266 g/mol. The molecule has 19 heavy (non-hydrogen) atoms. The van der Waals surface area contributed by atoms with Crippen LogP contribution in [0.3, 0.4) is 0 Å². The van der Waals surface area contributed by atoms with Crippen molar-refractivity contribution in [3.05, 3.63) is 18.2 Å². The highest BCUT2D eigenvalue weighted by molar-refractivity contribution is 6.40. The smallest absolute Gasteiger partial charge is 0.427 e. The van der Waals surface area contributed by atoms with Gasteiger partial charge in [0.05, 0.1) is 6.54 Å². The molecule has 0 radical (unpaired) electrons. The zero-order chi connectivity index (χ0) is 13.8. The number of nitrogens with zero attached hydrogens (tertiary/aromatic N) is 3. The van der Waals surface area contributed by atoms with E-state index in [0.717, 1.165) is 38.3 Å². The summed E-state index contributed by atoms with van der Waals surface area (Å²) in [5.41, 5.74) is 6.16. The van der Waals surface area contributed by atoms with Crippen LogP contribution in [-0.2, 0) is 13.6 Å². The summed E-state index contributed by atoms with van der Waals surface area (Å²) in [6, 6.07) is 0.177. The van der Waals surface area contributed by atoms with Crippen LogP contribution < -0.4 is 5.73 Å². The topological polar surface area (TPSA) is 87.5 Å². The maximum absolute atomic E-state index is 8.85. The Morgan fingerprint density at radius 3 is 2.89 bits per heavy atom. The van der Waals surface area contributed by atoms with Crippen LogP contribution in [0.15, 0.2) is 12.4 Å². The first kappa shape index (κ1) is 14.5. The van der Waals surface area contributed by atoms with Gasteiger partial charge in [-0.2, -0.15) is 0 Å². The minimum Gasteiger partial charge on any atom is -0.427 e. The molecule has 0 aromatic carbocycles. The fourth-order valence-corrected chi connectivity index (χ4v) is 2.73. The van der Waals surface area contributed by atoms with E-state index in [2.05, 4.69) is 9.88 Å². The molecule has 1 saturated heterocycles. The van der Waals surface area contributed by atoms with Gasteiger partial charge in [-0.15, -0.1) is 0 Å². The second-order valence-corrected chi connectivity index (χ2v) is 5.48. The van der Waals surface area contributed by atoms with Gasteiger partial charge in [0, 0.05) is 38.6 Å². The number of aromatic nitrogens is 2. The molecule has 2 rings (SSSR count). The van der Waals surface area contributed by atoms with Crippen molar-refractivity contribution < 1.29 is 10.0 Å². The number of hydrogen-bond donors (Lipinski definition) is 3. The maximum atomic E-state index is 8.85. The van der Waals surface area contributed by atoms with Crippen LogP contribution in [0.5, 0.6) is 0 Å². The van der Waals surface area contributed by atoms with Gasteiger partial charge in [-0.3, -0.25) is 4.90 Å². The number of imidazole rings is 1. The Kier molecular flexibility index (Phi) is 4.98. The Balaban J connectivity index is 1.79. The van der Waals surface area contributed by atoms with E-state index in [1.54, 1.807) is 0 Å². The van der Waals surface area contributed by atoms with Crippen LogP contribution in [0.2, 0.25) is 6.32 Å². The van der Waals surface area contributed by atoms with Gasteiger partial charge in [0.2, 0.25) is 0 Å². The SMILES string of the molecule is Cn1ccnc1CN1C[C@H](CCCB(O)O)[C@@H](N)C1. The van der Waals surface area contributed by atoms with E-state index in [0.29, 0.717) is 12.2 Å². The van der Waals surface area contributed by atoms with Crippen molar-refractivity contribution >= 4 is 7.12 Å². The molecule has 1 aromatic rings. The molecular weight excluding hydrogens is 243 g/mol. The predicted molar refractivity (Wildman–Crippen MR) is 74.2 cm³/mol. The Labute approximate surface area is 114 Å². The van der Waals surface area contributed by atoms with E-state index in [1.165, 1.54) is 0 Å². The largest absolute Gasteiger partial charge is 0.451 e. The molecule has 0 saturated carbocycles. The molecule has 0 aliphatic carbocycles. The van der Waals surface area contributed by atoms with E-state index in [-0.39, 0.29) is 6.04 Å². The normalized spacial score (nSPS) is 24.0. The monoisotopic (exact) mass is 266 g/mol. The second-order valence-electron chi connectivity index (χ2n) is 5.48. The lowest BCUT2D eigenvalue weighted by Gasteiger charge is -2.15. The third-order valence-electron chi connectivity index (χ3n) is 3.89. The highest BCUT2D eigenvalue weighted by Crippen LogP contribution is 2.22. The minimum absolute atomic E-state index is 0.177. The Hall–Kier alpha value is -0.885. The molecule has 1 fully saturated rings. The molecule has 0 spiro atoms. The third kappa shape index (κ3) is 4.04. The first-order chi connectivity index (χ1) is 9.06. The first-order valence-electron chi connectivity index (χ1n) is 6.86. The van der Waals surface area contributed by atoms with Gasteiger partial charge in [-0.1, -0.05) is 6.42 Å². The maximum Gasteiger partial charge on any atom is 0.451 e. The summed E-state index contributed by atoms with van der Waals surface area (Å²) in [5, 5.41) is 17.7. The Bertz CT molecular complexity index is 399. The van der Waals surface area contributed by atoms with Crippen LogP contribution in [0, 0.1) is 5.92 Å². The third-order valence-corrected chi connectivity index (χ3v) is 3.89. The minimum atomic E-state index is -1.19. The molecule has 0 unspecified atom stereocenters. The number of rotatable bonds is 6. The zero-order valence-electron chi connectivity index (χ0n) is 11.4. The molecule has 4 N–H and O–H groups in total. The molecule has 6 nitrogen and oxygen atoms in total. The lowest BCUT2D eigenvalue weighted by atomic mass is 9.82. The molecule has 106 valence electrons. The summed E-state index contributed by atoms with van der Waals surface area (Å²) in [6.45, 7) is 2.69. The number of likely N-dealkylation sites (tertiary alicyclic amines) is 1. The molecule has 0 bridgehead atoms. The summed E-state index contributed by atoms with van der Waals surface area (Å²) in [4.78, 5) is 6.66. The Morgan fingerprint density at radius 1 is 1.47 bits per heavy atom. The lowest BCUT2D eigenvalue weighted by Crippen LogP contribution is -2.30. The van der Waals surface area contributed by atoms with E-state index >= 15 is 0 Å². The number of aryl methyl sites for hydroxylation is 1. The molecule has 1 aliphatic heterocycles. The van der Waals surface area contributed by atoms with Crippen molar-refractivity contribution in [2.24, 2.45) is 18.7 Å². The quantitative estimate of drug-likeness (QED) is 0.600. The van der Waals surface area contributed by atoms with Crippen LogP contribution in [0.25, 0.3) is 0 Å². The Morgan fingerprint density at radius 2 is 2.26 bits per heavy atom. The van der Waals surface area contributed by atoms with Gasteiger partial charge in [-0.05, 0) is 18.7 Å². The first-order valence-corrected chi connectivity index (χ1v) is 6.86. The fraction of sp³-hybridized carbons (Fsp3) is 0.750. The number of nitrogens with two attached hydrogens (primary N) is 1. The van der Waals surface area contributed by atoms with Crippen LogP contribution in [0.1, 0.15) is 18.7 Å². The van der Waals surface area contributed by atoms with Crippen molar-refractivity contribution in [2.75, 3.05) is 13.1 Å². The van der Waals surface area contributed by atoms with Crippen molar-refractivity contribution in [1.29, 1.82) is 0 Å². The lowest BCUT2D eigenvalue weighted by molar-refractivity contribution is 0.301. The van der Waals surface area contributed by atoms with Crippen molar-refractivity contribution in [2.45, 2.75) is 31.7 Å². The van der Waals surface area contributed by atoms with Gasteiger partial charge in [0.25, 0.3) is 0 Å². The molecular formula is C12H23BN4O2. The van der Waals surface area contributed by atoms with Crippen LogP contribution in [0.4, 0.5) is 0 Å². The molecule has 2 heterocycles. The average Bonchev–Trinajstić information content (AvgIpc) is 2.87. The second kappa shape index (κ2) is 6.52. The predicted octanol–water partition coefficient (Wildman–Crippen LogP) is -0.568. The molecule has 1 aliphatic rings. The molecule has 2 atom stereocenters. The zero-order valence-corrected chi connectivity index (χ0v) is 11.4. The van der Waals surface area contributed by atoms with Gasteiger partial charge in [0.15, 0.2) is 0 Å². The summed E-state index contributed by atoms with van der Waals surface area (Å²) in [7, 11) is 0.805. The van der Waals surface area contributed by atoms with Gasteiger partial charge >= 0.3 is 7.12 Å². The van der Waals surface area contributed by atoms with Gasteiger partial charge in [0.1, 0.15) is 5.82 Å². The summed E-state index contributed by atoms with van der Waals surface area (Å²) in [5.74, 6) is 1.50. The van der Waals surface area contributed by atoms with Gasteiger partial charge < -0.3 is 20.3 Å². The molecule has 1 aromatic heterocycles. The van der Waals surface area contributed by atoms with E-state index in [9.17, 15) is 0 Å². The molecule has 7 heteroatoms. The van der Waals surface area contributed by atoms with E-state index in [4.69, 9.17) is 15.8 Å². The molecule has 0 amide bonds. The van der Waals surface area contributed by atoms with E-state index in [1.807, 2.05) is 24.0 Å². The summed E-state index contributed by atoms with van der Waals surface area (Å²) >= 11 is 0.